The van der Waals surface area contributed by atoms with Crippen LogP contribution in [-0.4, -0.2) is 62.1 Å². The first-order valence-corrected chi connectivity index (χ1v) is 11.0. The summed E-state index contributed by atoms with van der Waals surface area (Å²) in [5, 5.41) is 8.94. The lowest BCUT2D eigenvalue weighted by molar-refractivity contribution is -0.232. The van der Waals surface area contributed by atoms with Gasteiger partial charge in [-0.1, -0.05) is 12.8 Å². The van der Waals surface area contributed by atoms with Crippen LogP contribution in [0.3, 0.4) is 0 Å². The number of rotatable bonds is 5. The molecule has 0 spiro atoms. The van der Waals surface area contributed by atoms with Crippen LogP contribution in [0.4, 0.5) is 5.82 Å². The second-order valence-electron chi connectivity index (χ2n) is 8.75. The topological polar surface area (TPSA) is 110 Å². The van der Waals surface area contributed by atoms with E-state index in [0.29, 0.717) is 24.1 Å². The summed E-state index contributed by atoms with van der Waals surface area (Å²) in [6.45, 7) is 5.32. The summed E-state index contributed by atoms with van der Waals surface area (Å²) in [5.41, 5.74) is 0.606. The third-order valence-electron chi connectivity index (χ3n) is 5.91. The van der Waals surface area contributed by atoms with E-state index in [1.807, 2.05) is 13.8 Å². The molecule has 2 aromatic rings. The number of carbonyl (C=O) groups excluding carboxylic acids is 1. The van der Waals surface area contributed by atoms with Gasteiger partial charge >= 0.3 is 5.97 Å². The number of fused-ring (bicyclic) bond motifs is 2. The molecule has 1 N–H and O–H groups in total. The molecule has 11 heteroatoms. The van der Waals surface area contributed by atoms with E-state index in [2.05, 4.69) is 20.4 Å². The van der Waals surface area contributed by atoms with Crippen LogP contribution < -0.4 is 5.32 Å². The molecule has 0 amide bonds. The zero-order valence-corrected chi connectivity index (χ0v) is 18.5. The molecule has 168 valence electrons. The van der Waals surface area contributed by atoms with Gasteiger partial charge in [0.25, 0.3) is 0 Å². The number of hydrogen-bond acceptors (Lipinski definition) is 9. The van der Waals surface area contributed by atoms with Crippen LogP contribution in [0.1, 0.15) is 46.5 Å². The molecule has 4 heterocycles. The Morgan fingerprint density at radius 3 is 2.77 bits per heavy atom. The number of ether oxygens (including phenoxy) is 4. The molecule has 31 heavy (non-hydrogen) atoms. The van der Waals surface area contributed by atoms with Crippen molar-refractivity contribution in [3.63, 3.8) is 0 Å². The van der Waals surface area contributed by atoms with Gasteiger partial charge < -0.3 is 24.3 Å². The molecule has 2 aliphatic heterocycles. The minimum Gasteiger partial charge on any atom is -0.433 e. The Morgan fingerprint density at radius 2 is 2.03 bits per heavy atom. The van der Waals surface area contributed by atoms with Crippen molar-refractivity contribution in [2.75, 3.05) is 5.32 Å². The van der Waals surface area contributed by atoms with Gasteiger partial charge in [0, 0.05) is 13.0 Å². The summed E-state index contributed by atoms with van der Waals surface area (Å²) in [4.78, 5) is 20.3. The summed E-state index contributed by atoms with van der Waals surface area (Å²) in [7, 11) is 0. The highest BCUT2D eigenvalue weighted by Crippen LogP contribution is 2.40. The van der Waals surface area contributed by atoms with E-state index in [9.17, 15) is 4.79 Å². The van der Waals surface area contributed by atoms with Crippen LogP contribution in [0.5, 0.6) is 0 Å². The summed E-state index contributed by atoms with van der Waals surface area (Å²) in [6.07, 6.45) is 4.17. The number of aromatic nitrogens is 4. The third kappa shape index (κ3) is 4.09. The number of nitrogens with zero attached hydrogens (tertiary/aromatic N) is 4. The van der Waals surface area contributed by atoms with Gasteiger partial charge in [0.15, 0.2) is 17.5 Å². The van der Waals surface area contributed by atoms with Crippen molar-refractivity contribution < 1.29 is 23.7 Å². The summed E-state index contributed by atoms with van der Waals surface area (Å²) < 4.78 is 25.0. The smallest absolute Gasteiger partial charge is 0.305 e. The van der Waals surface area contributed by atoms with E-state index in [1.54, 1.807) is 10.9 Å². The molecule has 0 unspecified atom stereocenters. The molecule has 5 rings (SSSR count). The quantitative estimate of drug-likeness (QED) is 0.541. The number of hydrogen-bond donors (Lipinski definition) is 1. The number of esters is 1. The van der Waals surface area contributed by atoms with E-state index in [-0.39, 0.29) is 5.28 Å². The van der Waals surface area contributed by atoms with Crippen molar-refractivity contribution >= 4 is 34.4 Å². The zero-order chi connectivity index (χ0) is 21.8. The number of halogens is 1. The maximum atomic E-state index is 11.5. The first-order valence-electron chi connectivity index (χ1n) is 10.6. The molecule has 3 fully saturated rings. The Balaban J connectivity index is 1.41. The Hall–Kier alpha value is -2.01. The lowest BCUT2D eigenvalue weighted by atomic mass is 10.1. The van der Waals surface area contributed by atoms with Crippen molar-refractivity contribution in [2.24, 2.45) is 0 Å². The first kappa shape index (κ1) is 20.9. The van der Waals surface area contributed by atoms with Crippen molar-refractivity contribution in [3.8, 4) is 0 Å². The van der Waals surface area contributed by atoms with E-state index in [4.69, 9.17) is 30.5 Å². The van der Waals surface area contributed by atoms with Gasteiger partial charge in [0.2, 0.25) is 11.6 Å². The molecule has 0 bridgehead atoms. The second-order valence-corrected chi connectivity index (χ2v) is 9.09. The fourth-order valence-corrected chi connectivity index (χ4v) is 4.82. The molecule has 2 aromatic heterocycles. The second kappa shape index (κ2) is 7.84. The van der Waals surface area contributed by atoms with Crippen LogP contribution in [0.15, 0.2) is 6.20 Å². The molecule has 1 saturated carbocycles. The van der Waals surface area contributed by atoms with Crippen molar-refractivity contribution in [2.45, 2.75) is 89.4 Å². The van der Waals surface area contributed by atoms with Crippen molar-refractivity contribution in [1.82, 2.24) is 19.7 Å². The maximum absolute atomic E-state index is 11.5. The molecule has 2 saturated heterocycles. The first-order chi connectivity index (χ1) is 14.8. The SMILES string of the molecule is CC(=O)O[C@H]1O[C@H](Cn2ncc3c(NC4CCCC4)nc(Cl)nc32)[C@@H]2OC(C)(C)O[C@H]12. The van der Waals surface area contributed by atoms with Crippen molar-refractivity contribution in [1.29, 1.82) is 0 Å². The summed E-state index contributed by atoms with van der Waals surface area (Å²) in [6, 6.07) is 0.382. The predicted molar refractivity (Wildman–Crippen MR) is 110 cm³/mol. The fourth-order valence-electron chi connectivity index (χ4n) is 4.65. The molecule has 3 aliphatic rings. The summed E-state index contributed by atoms with van der Waals surface area (Å²) in [5.74, 6) is -0.548. The number of carbonyl (C=O) groups is 1. The molecule has 0 radical (unpaired) electrons. The van der Waals surface area contributed by atoms with Crippen LogP contribution in [-0.2, 0) is 30.3 Å². The zero-order valence-electron chi connectivity index (χ0n) is 17.7. The molecule has 1 aliphatic carbocycles. The standard InChI is InChI=1S/C20H26ClN5O5/c1-10(27)28-18-15-14(30-20(2,3)31-15)13(29-18)9-26-17-12(8-22-26)16(24-19(21)25-17)23-11-6-4-5-7-11/h8,11,13-15,18H,4-7,9H2,1-3H3,(H,23,24,25)/t13-,14+,15+,18+/m1/s1. The van der Waals surface area contributed by atoms with E-state index < -0.39 is 36.4 Å². The number of nitrogens with one attached hydrogen (secondary N) is 1. The van der Waals surface area contributed by atoms with Crippen LogP contribution in [0.2, 0.25) is 5.28 Å². The Kier molecular flexibility index (Phi) is 5.28. The monoisotopic (exact) mass is 451 g/mol. The minimum atomic E-state index is -0.839. The van der Waals surface area contributed by atoms with Crippen LogP contribution >= 0.6 is 11.6 Å². The Morgan fingerprint density at radius 1 is 1.29 bits per heavy atom. The highest BCUT2D eigenvalue weighted by atomic mass is 35.5. The highest BCUT2D eigenvalue weighted by Gasteiger charge is 2.56. The third-order valence-corrected chi connectivity index (χ3v) is 6.08. The minimum absolute atomic E-state index is 0.152. The molecule has 4 atom stereocenters. The number of anilines is 1. The highest BCUT2D eigenvalue weighted by molar-refractivity contribution is 6.28. The average Bonchev–Trinajstić information content (AvgIpc) is 3.43. The maximum Gasteiger partial charge on any atom is 0.305 e. The van der Waals surface area contributed by atoms with Gasteiger partial charge in [0.05, 0.1) is 18.1 Å². The Bertz CT molecular complexity index is 992. The van der Waals surface area contributed by atoms with E-state index in [0.717, 1.165) is 18.2 Å². The van der Waals surface area contributed by atoms with E-state index >= 15 is 0 Å². The largest absolute Gasteiger partial charge is 0.433 e. The summed E-state index contributed by atoms with van der Waals surface area (Å²) >= 11 is 6.23. The molecular formula is C20H26ClN5O5. The predicted octanol–water partition coefficient (Wildman–Crippen LogP) is 2.64. The van der Waals surface area contributed by atoms with Gasteiger partial charge in [-0.2, -0.15) is 15.1 Å². The van der Waals surface area contributed by atoms with Crippen LogP contribution in [0.25, 0.3) is 11.0 Å². The van der Waals surface area contributed by atoms with Gasteiger partial charge in [-0.15, -0.1) is 0 Å². The van der Waals surface area contributed by atoms with Crippen molar-refractivity contribution in [3.05, 3.63) is 11.5 Å². The van der Waals surface area contributed by atoms with Crippen LogP contribution in [0, 0.1) is 0 Å². The average molecular weight is 452 g/mol. The molecule has 10 nitrogen and oxygen atoms in total. The normalized spacial score (nSPS) is 30.1. The molecule has 0 aromatic carbocycles. The fraction of sp³-hybridized carbons (Fsp3) is 0.700. The van der Waals surface area contributed by atoms with Gasteiger partial charge in [-0.3, -0.25) is 4.79 Å². The van der Waals surface area contributed by atoms with Gasteiger partial charge in [0.1, 0.15) is 18.0 Å². The Labute approximate surface area is 184 Å². The molecular weight excluding hydrogens is 426 g/mol. The van der Waals surface area contributed by atoms with E-state index in [1.165, 1.54) is 19.8 Å². The lowest BCUT2D eigenvalue weighted by Crippen LogP contribution is -2.33. The van der Waals surface area contributed by atoms with Gasteiger partial charge in [-0.05, 0) is 38.3 Å². The lowest BCUT2D eigenvalue weighted by Gasteiger charge is -2.23. The van der Waals surface area contributed by atoms with Gasteiger partial charge in [-0.25, -0.2) is 4.68 Å².